The van der Waals surface area contributed by atoms with Crippen molar-refractivity contribution in [2.45, 2.75) is 322 Å². The van der Waals surface area contributed by atoms with Crippen LogP contribution in [0.2, 0.25) is 0 Å². The summed E-state index contributed by atoms with van der Waals surface area (Å²) in [6.07, 6.45) is 63.1. The van der Waals surface area contributed by atoms with E-state index in [-0.39, 0.29) is 31.1 Å². The van der Waals surface area contributed by atoms with Gasteiger partial charge in [-0.1, -0.05) is 251 Å². The van der Waals surface area contributed by atoms with Crippen molar-refractivity contribution in [1.29, 1.82) is 0 Å². The molecule has 0 bridgehead atoms. The minimum atomic E-state index is -0.775. The predicted molar refractivity (Wildman–Crippen MR) is 279 cm³/mol. The van der Waals surface area contributed by atoms with Gasteiger partial charge in [-0.15, -0.1) is 0 Å². The second kappa shape index (κ2) is 54.5. The summed E-state index contributed by atoms with van der Waals surface area (Å²) in [6.45, 7) is 6.66. The Hall–Kier alpha value is -2.11. The second-order valence-corrected chi connectivity index (χ2v) is 19.6. The lowest BCUT2D eigenvalue weighted by Crippen LogP contribution is -2.30. The summed E-state index contributed by atoms with van der Waals surface area (Å²) < 4.78 is 16.9. The fraction of sp³-hybridized carbons (Fsp3) is 0.881. The maximum Gasteiger partial charge on any atom is 0.306 e. The zero-order valence-corrected chi connectivity index (χ0v) is 43.8. The van der Waals surface area contributed by atoms with E-state index in [0.717, 1.165) is 70.6 Å². The fourth-order valence-electron chi connectivity index (χ4n) is 8.55. The molecule has 0 aliphatic rings. The molecule has 0 amide bonds. The van der Waals surface area contributed by atoms with Crippen LogP contribution in [0.25, 0.3) is 0 Å². The van der Waals surface area contributed by atoms with Crippen LogP contribution in [0.3, 0.4) is 0 Å². The van der Waals surface area contributed by atoms with Gasteiger partial charge in [0.15, 0.2) is 6.10 Å². The van der Waals surface area contributed by atoms with E-state index in [1.807, 2.05) is 0 Å². The Morgan fingerprint density at radius 1 is 0.292 bits per heavy atom. The molecule has 0 aliphatic carbocycles. The molecule has 0 radical (unpaired) electrons. The molecule has 0 saturated carbocycles. The largest absolute Gasteiger partial charge is 0.462 e. The highest BCUT2D eigenvalue weighted by Gasteiger charge is 2.19. The van der Waals surface area contributed by atoms with Crippen molar-refractivity contribution in [1.82, 2.24) is 0 Å². The smallest absolute Gasteiger partial charge is 0.306 e. The lowest BCUT2D eigenvalue weighted by Gasteiger charge is -2.18. The standard InChI is InChI=1S/C59H110O6/c1-4-7-10-13-16-19-22-25-27-29-31-34-37-40-43-46-49-52-58(61)64-55-56(54-63-57(60)51-48-45-42-39-36-33-24-21-18-15-12-9-6-3)65-59(62)53-50-47-44-41-38-35-32-30-28-26-23-20-17-14-11-8-5-2/h25,27,33,36,56H,4-24,26,28-32,34-35,37-55H2,1-3H3/b27-25-,36-33-. The van der Waals surface area contributed by atoms with Gasteiger partial charge in [0.1, 0.15) is 13.2 Å². The van der Waals surface area contributed by atoms with Crippen LogP contribution in [0.15, 0.2) is 24.3 Å². The SMILES string of the molecule is CCCCCCCC/C=C\CCCCCCCCCC(=O)OCC(COC(=O)CCCCC/C=C\CCCCCCCC)OC(=O)CCCCCCCCCCCCCCCCCCC. The van der Waals surface area contributed by atoms with Crippen LogP contribution in [0.4, 0.5) is 0 Å². The van der Waals surface area contributed by atoms with Crippen LogP contribution >= 0.6 is 0 Å². The predicted octanol–water partition coefficient (Wildman–Crippen LogP) is 19.1. The molecule has 0 aromatic rings. The van der Waals surface area contributed by atoms with Gasteiger partial charge in [-0.05, 0) is 70.6 Å². The number of ether oxygens (including phenoxy) is 3. The number of rotatable bonds is 53. The average Bonchev–Trinajstić information content (AvgIpc) is 3.30. The average molecular weight is 916 g/mol. The topological polar surface area (TPSA) is 78.9 Å². The first-order chi connectivity index (χ1) is 32.0. The van der Waals surface area contributed by atoms with Gasteiger partial charge in [-0.25, -0.2) is 0 Å². The summed E-state index contributed by atoms with van der Waals surface area (Å²) in [5.41, 5.74) is 0. The monoisotopic (exact) mass is 915 g/mol. The number of esters is 3. The molecule has 6 nitrogen and oxygen atoms in total. The summed E-state index contributed by atoms with van der Waals surface area (Å²) in [5, 5.41) is 0. The number of unbranched alkanes of at least 4 members (excludes halogenated alkanes) is 38. The van der Waals surface area contributed by atoms with E-state index in [2.05, 4.69) is 45.1 Å². The molecule has 0 spiro atoms. The lowest BCUT2D eigenvalue weighted by molar-refractivity contribution is -0.167. The van der Waals surface area contributed by atoms with E-state index in [9.17, 15) is 14.4 Å². The first-order valence-corrected chi connectivity index (χ1v) is 28.8. The molecule has 382 valence electrons. The van der Waals surface area contributed by atoms with Crippen molar-refractivity contribution in [2.75, 3.05) is 13.2 Å². The molecule has 0 aliphatic heterocycles. The molecule has 0 aromatic carbocycles. The molecule has 1 atom stereocenters. The third-order valence-electron chi connectivity index (χ3n) is 12.9. The molecular weight excluding hydrogens is 805 g/mol. The molecule has 0 fully saturated rings. The quantitative estimate of drug-likeness (QED) is 0.0262. The summed E-state index contributed by atoms with van der Waals surface area (Å²) >= 11 is 0. The van der Waals surface area contributed by atoms with Gasteiger partial charge >= 0.3 is 17.9 Å². The van der Waals surface area contributed by atoms with Crippen LogP contribution in [0, 0.1) is 0 Å². The van der Waals surface area contributed by atoms with Crippen molar-refractivity contribution < 1.29 is 28.6 Å². The van der Waals surface area contributed by atoms with Gasteiger partial charge in [0.05, 0.1) is 0 Å². The van der Waals surface area contributed by atoms with Gasteiger partial charge in [-0.3, -0.25) is 14.4 Å². The number of allylic oxidation sites excluding steroid dienone is 4. The van der Waals surface area contributed by atoms with E-state index < -0.39 is 6.10 Å². The van der Waals surface area contributed by atoms with E-state index in [4.69, 9.17) is 14.2 Å². The lowest BCUT2D eigenvalue weighted by atomic mass is 10.0. The highest BCUT2D eigenvalue weighted by atomic mass is 16.6. The normalized spacial score (nSPS) is 12.1. The van der Waals surface area contributed by atoms with Gasteiger partial charge in [-0.2, -0.15) is 0 Å². The molecule has 0 heterocycles. The minimum Gasteiger partial charge on any atom is -0.462 e. The van der Waals surface area contributed by atoms with Crippen LogP contribution in [-0.2, 0) is 28.6 Å². The number of hydrogen-bond donors (Lipinski definition) is 0. The zero-order valence-electron chi connectivity index (χ0n) is 43.8. The molecule has 1 unspecified atom stereocenters. The Morgan fingerprint density at radius 3 is 0.785 bits per heavy atom. The third kappa shape index (κ3) is 52.7. The van der Waals surface area contributed by atoms with Gasteiger partial charge in [0.25, 0.3) is 0 Å². The van der Waals surface area contributed by atoms with Crippen molar-refractivity contribution in [3.63, 3.8) is 0 Å². The molecule has 65 heavy (non-hydrogen) atoms. The van der Waals surface area contributed by atoms with Gasteiger partial charge < -0.3 is 14.2 Å². The van der Waals surface area contributed by atoms with Crippen LogP contribution in [0.5, 0.6) is 0 Å². The van der Waals surface area contributed by atoms with Crippen molar-refractivity contribution in [2.24, 2.45) is 0 Å². The molecule has 0 N–H and O–H groups in total. The van der Waals surface area contributed by atoms with E-state index in [0.29, 0.717) is 19.3 Å². The molecule has 0 rings (SSSR count). The van der Waals surface area contributed by atoms with Crippen molar-refractivity contribution in [3.8, 4) is 0 Å². The van der Waals surface area contributed by atoms with Crippen LogP contribution in [0.1, 0.15) is 316 Å². The molecular formula is C59H110O6. The second-order valence-electron chi connectivity index (χ2n) is 19.6. The highest BCUT2D eigenvalue weighted by molar-refractivity contribution is 5.71. The zero-order chi connectivity index (χ0) is 47.2. The van der Waals surface area contributed by atoms with Crippen LogP contribution in [-0.4, -0.2) is 37.2 Å². The maximum absolute atomic E-state index is 12.8. The number of carbonyl (C=O) groups excluding carboxylic acids is 3. The third-order valence-corrected chi connectivity index (χ3v) is 12.9. The highest BCUT2D eigenvalue weighted by Crippen LogP contribution is 2.16. The Balaban J connectivity index is 4.34. The van der Waals surface area contributed by atoms with Crippen LogP contribution < -0.4 is 0 Å². The summed E-state index contributed by atoms with van der Waals surface area (Å²) in [7, 11) is 0. The van der Waals surface area contributed by atoms with Crippen molar-refractivity contribution >= 4 is 17.9 Å². The number of carbonyl (C=O) groups is 3. The Morgan fingerprint density at radius 2 is 0.508 bits per heavy atom. The fourth-order valence-corrected chi connectivity index (χ4v) is 8.55. The number of hydrogen-bond acceptors (Lipinski definition) is 6. The Kier molecular flexibility index (Phi) is 52.7. The Bertz CT molecular complexity index is 1050. The van der Waals surface area contributed by atoms with E-state index in [1.165, 1.54) is 205 Å². The first kappa shape index (κ1) is 62.9. The molecule has 0 saturated heterocycles. The van der Waals surface area contributed by atoms with Gasteiger partial charge in [0.2, 0.25) is 0 Å². The summed E-state index contributed by atoms with van der Waals surface area (Å²) in [6, 6.07) is 0. The van der Waals surface area contributed by atoms with E-state index in [1.54, 1.807) is 0 Å². The van der Waals surface area contributed by atoms with E-state index >= 15 is 0 Å². The van der Waals surface area contributed by atoms with Crippen molar-refractivity contribution in [3.05, 3.63) is 24.3 Å². The Labute approximate surface area is 404 Å². The maximum atomic E-state index is 12.8. The molecule has 6 heteroatoms. The summed E-state index contributed by atoms with van der Waals surface area (Å²) in [4.78, 5) is 38.1. The minimum absolute atomic E-state index is 0.0740. The van der Waals surface area contributed by atoms with Gasteiger partial charge in [0, 0.05) is 19.3 Å². The first-order valence-electron chi connectivity index (χ1n) is 28.8. The summed E-state index contributed by atoms with van der Waals surface area (Å²) in [5.74, 6) is -0.875. The molecule has 0 aromatic heterocycles.